The number of carbonyl (C=O) groups is 2. The smallest absolute Gasteiger partial charge is 0.338 e. The molecule has 0 fully saturated rings. The SMILES string of the molecule is C[C@H](c1ccccc1)N(C)C(=O)COC(=O)c1ccc(S(C)(=O)=O)cc1. The van der Waals surface area contributed by atoms with Crippen molar-refractivity contribution in [3.05, 3.63) is 65.7 Å². The fourth-order valence-electron chi connectivity index (χ4n) is 2.32. The van der Waals surface area contributed by atoms with Crippen LogP contribution in [0.2, 0.25) is 0 Å². The number of esters is 1. The predicted octanol–water partition coefficient (Wildman–Crippen LogP) is 2.47. The predicted molar refractivity (Wildman–Crippen MR) is 97.5 cm³/mol. The zero-order valence-electron chi connectivity index (χ0n) is 14.9. The number of amides is 1. The van der Waals surface area contributed by atoms with Gasteiger partial charge in [0.15, 0.2) is 16.4 Å². The molecule has 0 unspecified atom stereocenters. The summed E-state index contributed by atoms with van der Waals surface area (Å²) in [5.74, 6) is -1.01. The van der Waals surface area contributed by atoms with E-state index >= 15 is 0 Å². The highest BCUT2D eigenvalue weighted by atomic mass is 32.2. The Morgan fingerprint density at radius 3 is 2.15 bits per heavy atom. The lowest BCUT2D eigenvalue weighted by Crippen LogP contribution is -2.33. The highest BCUT2D eigenvalue weighted by Gasteiger charge is 2.19. The molecule has 0 aliphatic rings. The van der Waals surface area contributed by atoms with Crippen molar-refractivity contribution in [1.29, 1.82) is 0 Å². The summed E-state index contributed by atoms with van der Waals surface area (Å²) in [4.78, 5) is 25.9. The van der Waals surface area contributed by atoms with Crippen molar-refractivity contribution in [2.75, 3.05) is 19.9 Å². The largest absolute Gasteiger partial charge is 0.452 e. The van der Waals surface area contributed by atoms with Gasteiger partial charge >= 0.3 is 5.97 Å². The molecule has 2 aromatic carbocycles. The van der Waals surface area contributed by atoms with Crippen molar-refractivity contribution in [2.45, 2.75) is 17.9 Å². The van der Waals surface area contributed by atoms with Crippen LogP contribution in [0.1, 0.15) is 28.9 Å². The first-order valence-corrected chi connectivity index (χ1v) is 9.87. The molecule has 0 N–H and O–H groups in total. The second-order valence-corrected chi connectivity index (χ2v) is 7.98. The summed E-state index contributed by atoms with van der Waals surface area (Å²) in [6.07, 6.45) is 1.09. The van der Waals surface area contributed by atoms with Crippen molar-refractivity contribution in [2.24, 2.45) is 0 Å². The van der Waals surface area contributed by atoms with E-state index in [1.54, 1.807) is 7.05 Å². The molecule has 138 valence electrons. The van der Waals surface area contributed by atoms with E-state index < -0.39 is 15.8 Å². The van der Waals surface area contributed by atoms with Gasteiger partial charge in [0.05, 0.1) is 16.5 Å². The first-order valence-electron chi connectivity index (χ1n) is 7.98. The normalized spacial score (nSPS) is 12.3. The third-order valence-corrected chi connectivity index (χ3v) is 5.23. The van der Waals surface area contributed by atoms with Crippen molar-refractivity contribution in [1.82, 2.24) is 4.90 Å². The van der Waals surface area contributed by atoms with Crippen molar-refractivity contribution >= 4 is 21.7 Å². The summed E-state index contributed by atoms with van der Waals surface area (Å²) < 4.78 is 27.9. The molecule has 0 heterocycles. The van der Waals surface area contributed by atoms with Gasteiger partial charge in [-0.05, 0) is 36.8 Å². The van der Waals surface area contributed by atoms with Crippen LogP contribution in [0.3, 0.4) is 0 Å². The van der Waals surface area contributed by atoms with Crippen molar-refractivity contribution in [3.63, 3.8) is 0 Å². The quantitative estimate of drug-likeness (QED) is 0.725. The van der Waals surface area contributed by atoms with Gasteiger partial charge in [0.2, 0.25) is 0 Å². The molecule has 0 bridgehead atoms. The molecule has 1 atom stereocenters. The number of rotatable bonds is 6. The molecule has 0 aromatic heterocycles. The van der Waals surface area contributed by atoms with Crippen molar-refractivity contribution in [3.8, 4) is 0 Å². The number of nitrogens with zero attached hydrogens (tertiary/aromatic N) is 1. The van der Waals surface area contributed by atoms with E-state index in [2.05, 4.69) is 0 Å². The Kier molecular flexibility index (Phi) is 6.15. The molecule has 0 aliphatic carbocycles. The third kappa shape index (κ3) is 4.92. The van der Waals surface area contributed by atoms with Gasteiger partial charge in [0.1, 0.15) is 0 Å². The Balaban J connectivity index is 1.95. The Morgan fingerprint density at radius 1 is 1.04 bits per heavy atom. The minimum atomic E-state index is -3.33. The lowest BCUT2D eigenvalue weighted by atomic mass is 10.1. The van der Waals surface area contributed by atoms with E-state index in [0.29, 0.717) is 0 Å². The minimum absolute atomic E-state index is 0.113. The van der Waals surface area contributed by atoms with Crippen LogP contribution >= 0.6 is 0 Å². The number of ether oxygens (including phenoxy) is 1. The lowest BCUT2D eigenvalue weighted by molar-refractivity contribution is -0.135. The monoisotopic (exact) mass is 375 g/mol. The molecule has 0 saturated heterocycles. The molecule has 2 aromatic rings. The fraction of sp³-hybridized carbons (Fsp3) is 0.263. The number of carbonyl (C=O) groups excluding carboxylic acids is 2. The van der Waals surface area contributed by atoms with E-state index in [1.807, 2.05) is 37.3 Å². The molecule has 7 heteroatoms. The first kappa shape index (κ1) is 19.7. The second kappa shape index (κ2) is 8.14. The Hall–Kier alpha value is -2.67. The number of sulfone groups is 1. The lowest BCUT2D eigenvalue weighted by Gasteiger charge is -2.25. The van der Waals surface area contributed by atoms with Crippen LogP contribution in [0.15, 0.2) is 59.5 Å². The summed E-state index contributed by atoms with van der Waals surface area (Å²) in [5.41, 5.74) is 1.16. The van der Waals surface area contributed by atoms with E-state index in [0.717, 1.165) is 11.8 Å². The summed E-state index contributed by atoms with van der Waals surface area (Å²) in [6.45, 7) is 1.50. The maximum Gasteiger partial charge on any atom is 0.338 e. The number of likely N-dealkylation sites (N-methyl/N-ethyl adjacent to an activating group) is 1. The maximum absolute atomic E-state index is 12.2. The third-order valence-electron chi connectivity index (χ3n) is 4.10. The van der Waals surface area contributed by atoms with Gasteiger partial charge in [-0.2, -0.15) is 0 Å². The molecular weight excluding hydrogens is 354 g/mol. The fourth-order valence-corrected chi connectivity index (χ4v) is 2.95. The van der Waals surface area contributed by atoms with Gasteiger partial charge in [-0.1, -0.05) is 30.3 Å². The number of benzene rings is 2. The first-order chi connectivity index (χ1) is 12.2. The summed E-state index contributed by atoms with van der Waals surface area (Å²) in [7, 11) is -1.68. The molecule has 26 heavy (non-hydrogen) atoms. The zero-order valence-corrected chi connectivity index (χ0v) is 15.7. The van der Waals surface area contributed by atoms with Gasteiger partial charge < -0.3 is 9.64 Å². The highest BCUT2D eigenvalue weighted by molar-refractivity contribution is 7.90. The molecule has 1 amide bonds. The summed E-state index contributed by atoms with van der Waals surface area (Å²) in [5, 5.41) is 0. The number of hydrogen-bond donors (Lipinski definition) is 0. The Labute approximate surface area is 153 Å². The van der Waals surface area contributed by atoms with Crippen molar-refractivity contribution < 1.29 is 22.7 Å². The van der Waals surface area contributed by atoms with Crippen LogP contribution in [0.4, 0.5) is 0 Å². The minimum Gasteiger partial charge on any atom is -0.452 e. The van der Waals surface area contributed by atoms with E-state index in [4.69, 9.17) is 4.74 Å². The van der Waals surface area contributed by atoms with E-state index in [1.165, 1.54) is 29.2 Å². The maximum atomic E-state index is 12.2. The van der Waals surface area contributed by atoms with Crippen LogP contribution in [0.5, 0.6) is 0 Å². The van der Waals surface area contributed by atoms with Gasteiger partial charge in [-0.3, -0.25) is 4.79 Å². The van der Waals surface area contributed by atoms with Crippen LogP contribution in [-0.4, -0.2) is 45.1 Å². The molecular formula is C19H21NO5S. The van der Waals surface area contributed by atoms with Gasteiger partial charge in [0, 0.05) is 13.3 Å². The Bertz CT molecular complexity index is 876. The van der Waals surface area contributed by atoms with Gasteiger partial charge in [0.25, 0.3) is 5.91 Å². The van der Waals surface area contributed by atoms with Gasteiger partial charge in [-0.25, -0.2) is 13.2 Å². The highest BCUT2D eigenvalue weighted by Crippen LogP contribution is 2.18. The molecule has 0 spiro atoms. The molecule has 2 rings (SSSR count). The summed E-state index contributed by atoms with van der Waals surface area (Å²) >= 11 is 0. The molecule has 6 nitrogen and oxygen atoms in total. The molecule has 0 aliphatic heterocycles. The van der Waals surface area contributed by atoms with Gasteiger partial charge in [-0.15, -0.1) is 0 Å². The van der Waals surface area contributed by atoms with E-state index in [-0.39, 0.29) is 29.0 Å². The average molecular weight is 375 g/mol. The average Bonchev–Trinajstić information content (AvgIpc) is 2.64. The van der Waals surface area contributed by atoms with Crippen LogP contribution in [0.25, 0.3) is 0 Å². The van der Waals surface area contributed by atoms with Crippen LogP contribution in [-0.2, 0) is 19.4 Å². The topological polar surface area (TPSA) is 80.8 Å². The number of hydrogen-bond acceptors (Lipinski definition) is 5. The standard InChI is InChI=1S/C19H21NO5S/c1-14(15-7-5-4-6-8-15)20(2)18(21)13-25-19(22)16-9-11-17(12-10-16)26(3,23)24/h4-12,14H,13H2,1-3H3/t14-/m1/s1. The second-order valence-electron chi connectivity index (χ2n) is 5.96. The molecule has 0 saturated carbocycles. The van der Waals surface area contributed by atoms with Crippen LogP contribution < -0.4 is 0 Å². The summed E-state index contributed by atoms with van der Waals surface area (Å²) in [6, 6.07) is 14.8. The van der Waals surface area contributed by atoms with E-state index in [9.17, 15) is 18.0 Å². The zero-order chi connectivity index (χ0) is 19.3. The van der Waals surface area contributed by atoms with Crippen LogP contribution in [0, 0.1) is 0 Å². The molecule has 0 radical (unpaired) electrons. The Morgan fingerprint density at radius 2 is 1.62 bits per heavy atom.